The largest absolute Gasteiger partial charge is 0.333 e. The Morgan fingerprint density at radius 1 is 1.15 bits per heavy atom. The highest BCUT2D eigenvalue weighted by Crippen LogP contribution is 2.20. The highest BCUT2D eigenvalue weighted by Gasteiger charge is 2.20. The van der Waals surface area contributed by atoms with Crippen LogP contribution in [0.4, 0.5) is 0 Å². The van der Waals surface area contributed by atoms with Crippen molar-refractivity contribution in [2.24, 2.45) is 0 Å². The van der Waals surface area contributed by atoms with Gasteiger partial charge in [-0.25, -0.2) is 4.98 Å². The molecule has 4 heteroatoms. The summed E-state index contributed by atoms with van der Waals surface area (Å²) >= 11 is 3.34. The van der Waals surface area contributed by atoms with E-state index >= 15 is 0 Å². The Balaban J connectivity index is 1.84. The van der Waals surface area contributed by atoms with E-state index in [1.807, 2.05) is 17.0 Å². The number of aryl methyl sites for hydroxylation is 1. The van der Waals surface area contributed by atoms with Gasteiger partial charge in [-0.1, -0.05) is 24.3 Å². The van der Waals surface area contributed by atoms with Gasteiger partial charge < -0.3 is 4.90 Å². The van der Waals surface area contributed by atoms with E-state index < -0.39 is 0 Å². The molecule has 1 aromatic carbocycles. The third-order valence-corrected chi connectivity index (χ3v) is 4.06. The quantitative estimate of drug-likeness (QED) is 0.802. The number of rotatable bonds is 1. The molecule has 3 rings (SSSR count). The predicted octanol–water partition coefficient (Wildman–Crippen LogP) is 3.43. The topological polar surface area (TPSA) is 33.2 Å². The second kappa shape index (κ2) is 5.75. The first-order valence-electron chi connectivity index (χ1n) is 6.71. The van der Waals surface area contributed by atoms with E-state index in [2.05, 4.69) is 39.1 Å². The van der Waals surface area contributed by atoms with Crippen LogP contribution in [0.3, 0.4) is 0 Å². The van der Waals surface area contributed by atoms with Crippen LogP contribution in [0.1, 0.15) is 28.0 Å². The van der Waals surface area contributed by atoms with Crippen molar-refractivity contribution >= 4 is 21.8 Å². The summed E-state index contributed by atoms with van der Waals surface area (Å²) in [5.74, 6) is 0.00852. The Morgan fingerprint density at radius 3 is 2.70 bits per heavy atom. The number of fused-ring (bicyclic) bond motifs is 1. The smallest absolute Gasteiger partial charge is 0.272 e. The average molecular weight is 331 g/mol. The molecule has 1 amide bonds. The molecule has 2 heterocycles. The zero-order chi connectivity index (χ0) is 13.9. The number of nitrogens with zero attached hydrogens (tertiary/aromatic N) is 2. The zero-order valence-electron chi connectivity index (χ0n) is 11.1. The maximum Gasteiger partial charge on any atom is 0.272 e. The maximum atomic E-state index is 12.5. The molecule has 0 spiro atoms. The van der Waals surface area contributed by atoms with Crippen LogP contribution in [0.25, 0.3) is 0 Å². The first-order valence-corrected chi connectivity index (χ1v) is 7.51. The van der Waals surface area contributed by atoms with Gasteiger partial charge in [0, 0.05) is 23.8 Å². The molecule has 0 radical (unpaired) electrons. The molecule has 2 aromatic rings. The Labute approximate surface area is 126 Å². The van der Waals surface area contributed by atoms with Crippen molar-refractivity contribution < 1.29 is 4.79 Å². The SMILES string of the molecule is O=C(c1ccc(Br)cn1)N1CCCc2ccccc2C1. The summed E-state index contributed by atoms with van der Waals surface area (Å²) in [5.41, 5.74) is 3.11. The fourth-order valence-corrected chi connectivity index (χ4v) is 2.77. The molecule has 20 heavy (non-hydrogen) atoms. The lowest BCUT2D eigenvalue weighted by molar-refractivity contribution is 0.0740. The fourth-order valence-electron chi connectivity index (χ4n) is 2.54. The minimum Gasteiger partial charge on any atom is -0.333 e. The van der Waals surface area contributed by atoms with Gasteiger partial charge in [-0.15, -0.1) is 0 Å². The third-order valence-electron chi connectivity index (χ3n) is 3.59. The molecule has 102 valence electrons. The van der Waals surface area contributed by atoms with Gasteiger partial charge in [0.05, 0.1) is 0 Å². The number of hydrogen-bond acceptors (Lipinski definition) is 2. The van der Waals surface area contributed by atoms with Gasteiger partial charge in [0.25, 0.3) is 5.91 Å². The molecule has 0 saturated heterocycles. The summed E-state index contributed by atoms with van der Waals surface area (Å²) in [5, 5.41) is 0. The second-order valence-corrected chi connectivity index (χ2v) is 5.88. The molecule has 1 aromatic heterocycles. The van der Waals surface area contributed by atoms with Gasteiger partial charge in [-0.05, 0) is 52.0 Å². The van der Waals surface area contributed by atoms with Gasteiger partial charge in [0.1, 0.15) is 5.69 Å². The fraction of sp³-hybridized carbons (Fsp3) is 0.250. The van der Waals surface area contributed by atoms with Gasteiger partial charge in [-0.2, -0.15) is 0 Å². The highest BCUT2D eigenvalue weighted by atomic mass is 79.9. The van der Waals surface area contributed by atoms with E-state index in [0.717, 1.165) is 23.9 Å². The predicted molar refractivity (Wildman–Crippen MR) is 81.4 cm³/mol. The van der Waals surface area contributed by atoms with E-state index in [1.165, 1.54) is 11.1 Å². The van der Waals surface area contributed by atoms with Crippen LogP contribution in [-0.2, 0) is 13.0 Å². The molecule has 0 fully saturated rings. The molecule has 1 aliphatic heterocycles. The summed E-state index contributed by atoms with van der Waals surface area (Å²) in [6, 6.07) is 12.0. The number of pyridine rings is 1. The number of halogens is 1. The lowest BCUT2D eigenvalue weighted by Gasteiger charge is -2.20. The summed E-state index contributed by atoms with van der Waals surface area (Å²) in [4.78, 5) is 18.6. The van der Waals surface area contributed by atoms with Crippen LogP contribution in [0.2, 0.25) is 0 Å². The standard InChI is InChI=1S/C16H15BrN2O/c17-14-7-8-15(18-10-14)16(20)19-9-3-6-12-4-1-2-5-13(12)11-19/h1-2,4-5,7-8,10H,3,6,9,11H2. The van der Waals surface area contributed by atoms with Crippen LogP contribution in [0, 0.1) is 0 Å². The number of carbonyl (C=O) groups excluding carboxylic acids is 1. The number of amides is 1. The van der Waals surface area contributed by atoms with E-state index in [1.54, 1.807) is 12.3 Å². The van der Waals surface area contributed by atoms with Gasteiger partial charge in [-0.3, -0.25) is 4.79 Å². The van der Waals surface area contributed by atoms with Crippen molar-refractivity contribution in [3.05, 3.63) is 63.9 Å². The first-order chi connectivity index (χ1) is 9.74. The number of aromatic nitrogens is 1. The van der Waals surface area contributed by atoms with E-state index in [9.17, 15) is 4.79 Å². The van der Waals surface area contributed by atoms with Crippen molar-refractivity contribution in [2.75, 3.05) is 6.54 Å². The van der Waals surface area contributed by atoms with Crippen molar-refractivity contribution in [3.8, 4) is 0 Å². The van der Waals surface area contributed by atoms with E-state index in [0.29, 0.717) is 12.2 Å². The summed E-state index contributed by atoms with van der Waals surface area (Å²) < 4.78 is 0.885. The molecule has 3 nitrogen and oxygen atoms in total. The Bertz CT molecular complexity index is 625. The Hall–Kier alpha value is -1.68. The monoisotopic (exact) mass is 330 g/mol. The molecule has 1 aliphatic rings. The lowest BCUT2D eigenvalue weighted by atomic mass is 10.0. The number of carbonyl (C=O) groups is 1. The normalized spacial score (nSPS) is 14.6. The van der Waals surface area contributed by atoms with Crippen LogP contribution in [0.5, 0.6) is 0 Å². The zero-order valence-corrected chi connectivity index (χ0v) is 12.6. The molecule has 0 unspecified atom stereocenters. The van der Waals surface area contributed by atoms with E-state index in [-0.39, 0.29) is 5.91 Å². The minimum absolute atomic E-state index is 0.00852. The Kier molecular flexibility index (Phi) is 3.83. The molecule has 0 saturated carbocycles. The molecular formula is C16H15BrN2O. The van der Waals surface area contributed by atoms with Crippen molar-refractivity contribution in [1.82, 2.24) is 9.88 Å². The number of benzene rings is 1. The minimum atomic E-state index is 0.00852. The van der Waals surface area contributed by atoms with Crippen LogP contribution in [-0.4, -0.2) is 22.3 Å². The van der Waals surface area contributed by atoms with Crippen LogP contribution >= 0.6 is 15.9 Å². The average Bonchev–Trinajstić information content (AvgIpc) is 2.69. The first kappa shape index (κ1) is 13.3. The molecule has 0 bridgehead atoms. The highest BCUT2D eigenvalue weighted by molar-refractivity contribution is 9.10. The van der Waals surface area contributed by atoms with Crippen molar-refractivity contribution in [2.45, 2.75) is 19.4 Å². The lowest BCUT2D eigenvalue weighted by Crippen LogP contribution is -2.31. The molecule has 0 N–H and O–H groups in total. The maximum absolute atomic E-state index is 12.5. The van der Waals surface area contributed by atoms with Crippen molar-refractivity contribution in [1.29, 1.82) is 0 Å². The van der Waals surface area contributed by atoms with Gasteiger partial charge in [0.2, 0.25) is 0 Å². The number of hydrogen-bond donors (Lipinski definition) is 0. The molecule has 0 aliphatic carbocycles. The Morgan fingerprint density at radius 2 is 1.95 bits per heavy atom. The second-order valence-electron chi connectivity index (χ2n) is 4.96. The van der Waals surface area contributed by atoms with E-state index in [4.69, 9.17) is 0 Å². The van der Waals surface area contributed by atoms with Gasteiger partial charge in [0.15, 0.2) is 0 Å². The molecule has 0 atom stereocenters. The van der Waals surface area contributed by atoms with Crippen molar-refractivity contribution in [3.63, 3.8) is 0 Å². The van der Waals surface area contributed by atoms with Gasteiger partial charge >= 0.3 is 0 Å². The third kappa shape index (κ3) is 2.75. The molecular weight excluding hydrogens is 316 g/mol. The summed E-state index contributed by atoms with van der Waals surface area (Å²) in [7, 11) is 0. The van der Waals surface area contributed by atoms with Crippen LogP contribution in [0.15, 0.2) is 47.1 Å². The van der Waals surface area contributed by atoms with Crippen LogP contribution < -0.4 is 0 Å². The summed E-state index contributed by atoms with van der Waals surface area (Å²) in [6.07, 6.45) is 3.70. The summed E-state index contributed by atoms with van der Waals surface area (Å²) in [6.45, 7) is 1.46.